The second kappa shape index (κ2) is 15.0. The molecular weight excluding hydrogens is 558 g/mol. The molecule has 8 atom stereocenters. The number of carbonyl (C=O) groups excluding carboxylic acids is 1. The first kappa shape index (κ1) is 36.8. The second-order valence-electron chi connectivity index (χ2n) is 18.2. The third kappa shape index (κ3) is 9.30. The summed E-state index contributed by atoms with van der Waals surface area (Å²) in [5, 5.41) is 2.98. The van der Waals surface area contributed by atoms with Crippen LogP contribution in [0.5, 0.6) is 0 Å². The Kier molecular flexibility index (Phi) is 12.3. The van der Waals surface area contributed by atoms with Crippen LogP contribution in [0, 0.1) is 46.3 Å². The van der Waals surface area contributed by atoms with E-state index in [9.17, 15) is 4.79 Å². The molecule has 45 heavy (non-hydrogen) atoms. The average molecular weight is 630 g/mol. The lowest BCUT2D eigenvalue weighted by molar-refractivity contribution is -0.0668. The highest BCUT2D eigenvalue weighted by molar-refractivity contribution is 5.67. The van der Waals surface area contributed by atoms with Gasteiger partial charge in [0.05, 0.1) is 11.2 Å². The Morgan fingerprint density at radius 1 is 0.933 bits per heavy atom. The minimum Gasteiger partial charge on any atom is -0.446 e. The molecule has 1 unspecified atom stereocenters. The van der Waals surface area contributed by atoms with E-state index >= 15 is 0 Å². The lowest BCUT2D eigenvalue weighted by Crippen LogP contribution is -2.51. The van der Waals surface area contributed by atoms with E-state index in [1.54, 1.807) is 5.57 Å². The molecule has 0 heterocycles. The minimum absolute atomic E-state index is 0.00437. The Labute approximate surface area is 277 Å². The van der Waals surface area contributed by atoms with E-state index in [1.165, 1.54) is 51.4 Å². The van der Waals surface area contributed by atoms with Gasteiger partial charge in [-0.25, -0.2) is 4.79 Å². The van der Waals surface area contributed by atoms with Crippen molar-refractivity contribution in [1.29, 1.82) is 0 Å². The van der Waals surface area contributed by atoms with Crippen LogP contribution in [0.15, 0.2) is 11.6 Å². The van der Waals surface area contributed by atoms with E-state index in [2.05, 4.69) is 80.6 Å². The van der Waals surface area contributed by atoms with Crippen molar-refractivity contribution in [3.63, 3.8) is 0 Å². The first-order valence-corrected chi connectivity index (χ1v) is 19.0. The largest absolute Gasteiger partial charge is 0.446 e. The summed E-state index contributed by atoms with van der Waals surface area (Å²) >= 11 is 0. The molecule has 3 saturated carbocycles. The molecule has 5 heteroatoms. The Balaban J connectivity index is 1.21. The topological polar surface area (TPSA) is 56.8 Å². The normalized spacial score (nSPS) is 34.0. The molecule has 3 fully saturated rings. The SMILES string of the molecule is CC(C)CCCC(C)[C@H]1CC[C@H]2[C@@H]3CC=C4C[C@@H](OC(=O)NCCCOC(C)(C)CCOC(C)(C)C)CC[C@]4(C)[C@H]3CC[C@]12C. The average Bonchev–Trinajstić information content (AvgIpc) is 3.29. The summed E-state index contributed by atoms with van der Waals surface area (Å²) < 4.78 is 17.9. The minimum atomic E-state index is -0.274. The number of rotatable bonds is 14. The van der Waals surface area contributed by atoms with Gasteiger partial charge in [0.25, 0.3) is 0 Å². The molecule has 0 aromatic rings. The first-order chi connectivity index (χ1) is 21.0. The van der Waals surface area contributed by atoms with Gasteiger partial charge in [0, 0.05) is 26.2 Å². The van der Waals surface area contributed by atoms with Crippen molar-refractivity contribution in [3.8, 4) is 0 Å². The molecule has 1 N–H and O–H groups in total. The molecule has 5 nitrogen and oxygen atoms in total. The van der Waals surface area contributed by atoms with Crippen molar-refractivity contribution >= 4 is 6.09 Å². The van der Waals surface area contributed by atoms with E-state index in [0.29, 0.717) is 25.2 Å². The molecule has 0 aromatic heterocycles. The molecular formula is C40H71NO4. The number of fused-ring (bicyclic) bond motifs is 5. The molecule has 1 amide bonds. The monoisotopic (exact) mass is 630 g/mol. The number of carbonyl (C=O) groups is 1. The zero-order chi connectivity index (χ0) is 33.0. The Bertz CT molecular complexity index is 997. The van der Waals surface area contributed by atoms with E-state index < -0.39 is 0 Å². The summed E-state index contributed by atoms with van der Waals surface area (Å²) in [7, 11) is 0. The fourth-order valence-corrected chi connectivity index (χ4v) is 10.2. The van der Waals surface area contributed by atoms with Crippen LogP contribution in [-0.4, -0.2) is 43.2 Å². The van der Waals surface area contributed by atoms with Crippen LogP contribution >= 0.6 is 0 Å². The Morgan fingerprint density at radius 2 is 1.69 bits per heavy atom. The number of hydrogen-bond donors (Lipinski definition) is 1. The van der Waals surface area contributed by atoms with Gasteiger partial charge in [-0.15, -0.1) is 0 Å². The van der Waals surface area contributed by atoms with Gasteiger partial charge < -0.3 is 19.5 Å². The van der Waals surface area contributed by atoms with Crippen molar-refractivity contribution in [2.45, 2.75) is 170 Å². The maximum atomic E-state index is 12.7. The number of allylic oxidation sites excluding steroid dienone is 1. The highest BCUT2D eigenvalue weighted by Gasteiger charge is 2.59. The zero-order valence-corrected chi connectivity index (χ0v) is 31.1. The summed E-state index contributed by atoms with van der Waals surface area (Å²) in [6, 6.07) is 0. The summed E-state index contributed by atoms with van der Waals surface area (Å²) in [6.45, 7) is 24.8. The van der Waals surface area contributed by atoms with Crippen molar-refractivity contribution in [3.05, 3.63) is 11.6 Å². The smallest absolute Gasteiger partial charge is 0.407 e. The quantitative estimate of drug-likeness (QED) is 0.153. The van der Waals surface area contributed by atoms with Crippen molar-refractivity contribution < 1.29 is 19.0 Å². The molecule has 0 spiro atoms. The van der Waals surface area contributed by atoms with E-state index in [1.807, 2.05) is 0 Å². The Hall–Kier alpha value is -1.07. The number of ether oxygens (including phenoxy) is 3. The lowest BCUT2D eigenvalue weighted by Gasteiger charge is -2.58. The van der Waals surface area contributed by atoms with Crippen LogP contribution in [0.2, 0.25) is 0 Å². The lowest BCUT2D eigenvalue weighted by atomic mass is 9.47. The highest BCUT2D eigenvalue weighted by atomic mass is 16.6. The van der Waals surface area contributed by atoms with Gasteiger partial charge in [-0.05, 0) is 139 Å². The van der Waals surface area contributed by atoms with Gasteiger partial charge in [0.1, 0.15) is 6.10 Å². The molecule has 0 aromatic carbocycles. The molecule has 260 valence electrons. The van der Waals surface area contributed by atoms with Gasteiger partial charge >= 0.3 is 6.09 Å². The fraction of sp³-hybridized carbons (Fsp3) is 0.925. The summed E-state index contributed by atoms with van der Waals surface area (Å²) in [4.78, 5) is 12.7. The van der Waals surface area contributed by atoms with Crippen LogP contribution in [-0.2, 0) is 14.2 Å². The van der Waals surface area contributed by atoms with Gasteiger partial charge in [0.2, 0.25) is 0 Å². The third-order valence-corrected chi connectivity index (χ3v) is 12.9. The molecule has 4 aliphatic rings. The number of nitrogens with one attached hydrogen (secondary N) is 1. The maximum Gasteiger partial charge on any atom is 0.407 e. The van der Waals surface area contributed by atoms with Crippen molar-refractivity contribution in [2.75, 3.05) is 19.8 Å². The van der Waals surface area contributed by atoms with Crippen molar-refractivity contribution in [2.24, 2.45) is 46.3 Å². The van der Waals surface area contributed by atoms with Gasteiger partial charge in [0.15, 0.2) is 0 Å². The second-order valence-corrected chi connectivity index (χ2v) is 18.2. The maximum absolute atomic E-state index is 12.7. The summed E-state index contributed by atoms with van der Waals surface area (Å²) in [5.41, 5.74) is 2.02. The first-order valence-electron chi connectivity index (χ1n) is 19.0. The fourth-order valence-electron chi connectivity index (χ4n) is 10.2. The predicted molar refractivity (Wildman–Crippen MR) is 186 cm³/mol. The van der Waals surface area contributed by atoms with Crippen LogP contribution in [0.3, 0.4) is 0 Å². The van der Waals surface area contributed by atoms with Gasteiger partial charge in [-0.1, -0.05) is 65.5 Å². The molecule has 0 bridgehead atoms. The predicted octanol–water partition coefficient (Wildman–Crippen LogP) is 10.5. The third-order valence-electron chi connectivity index (χ3n) is 12.9. The Morgan fingerprint density at radius 3 is 2.40 bits per heavy atom. The van der Waals surface area contributed by atoms with Crippen LogP contribution in [0.25, 0.3) is 0 Å². The van der Waals surface area contributed by atoms with Crippen LogP contribution in [0.1, 0.15) is 153 Å². The van der Waals surface area contributed by atoms with Crippen molar-refractivity contribution in [1.82, 2.24) is 5.32 Å². The van der Waals surface area contributed by atoms with Gasteiger partial charge in [-0.2, -0.15) is 0 Å². The standard InChI is InChI=1S/C40H71NO4/c1-28(2)13-11-14-29(3)33-17-18-34-32-16-15-30-27-31(19-21-39(30,9)35(32)20-22-40(33,34)10)45-36(42)41-24-12-25-44-38(7,8)23-26-43-37(4,5)6/h15,28-29,31-35H,11-14,16-27H2,1-10H3,(H,41,42)/t29?,31-,32-,33+,34-,35-,39-,40+/m0/s1. The molecule has 0 aliphatic heterocycles. The summed E-state index contributed by atoms with van der Waals surface area (Å²) in [6.07, 6.45) is 18.1. The van der Waals surface area contributed by atoms with E-state index in [0.717, 1.165) is 67.6 Å². The van der Waals surface area contributed by atoms with Crippen LogP contribution < -0.4 is 5.32 Å². The number of alkyl carbamates (subject to hydrolysis) is 1. The van der Waals surface area contributed by atoms with Crippen LogP contribution in [0.4, 0.5) is 4.79 Å². The molecule has 4 aliphatic carbocycles. The molecule has 0 saturated heterocycles. The zero-order valence-electron chi connectivity index (χ0n) is 31.1. The highest BCUT2D eigenvalue weighted by Crippen LogP contribution is 2.67. The molecule has 0 radical (unpaired) electrons. The number of amides is 1. The van der Waals surface area contributed by atoms with E-state index in [4.69, 9.17) is 14.2 Å². The van der Waals surface area contributed by atoms with E-state index in [-0.39, 0.29) is 28.8 Å². The number of hydrogen-bond acceptors (Lipinski definition) is 4. The molecule has 4 rings (SSSR count). The summed E-state index contributed by atoms with van der Waals surface area (Å²) in [5.74, 6) is 5.11. The van der Waals surface area contributed by atoms with Gasteiger partial charge in [-0.3, -0.25) is 0 Å².